The van der Waals surface area contributed by atoms with Gasteiger partial charge in [0.2, 0.25) is 0 Å². The van der Waals surface area contributed by atoms with E-state index in [0.29, 0.717) is 0 Å². The Morgan fingerprint density at radius 3 is 2.02 bits per heavy atom. The Kier molecular flexibility index (Phi) is 16.5. The van der Waals surface area contributed by atoms with Crippen molar-refractivity contribution in [3.05, 3.63) is 114 Å². The molecular weight excluding hydrogens is 502 g/mol. The van der Waals surface area contributed by atoms with Gasteiger partial charge in [0, 0.05) is 75.7 Å². The maximum atomic E-state index is 4.03. The Morgan fingerprint density at radius 2 is 1.54 bits per heavy atom. The van der Waals surface area contributed by atoms with Crippen LogP contribution in [0, 0.1) is 12.8 Å². The molecule has 0 radical (unpaired) electrons. The zero-order valence-electron chi connectivity index (χ0n) is 26.3. The molecule has 1 fully saturated rings. The van der Waals surface area contributed by atoms with Crippen LogP contribution in [0.15, 0.2) is 97.8 Å². The Morgan fingerprint density at radius 1 is 0.976 bits per heavy atom. The van der Waals surface area contributed by atoms with Gasteiger partial charge in [0.1, 0.15) is 0 Å². The zero-order chi connectivity index (χ0) is 30.7. The van der Waals surface area contributed by atoms with E-state index in [9.17, 15) is 0 Å². The summed E-state index contributed by atoms with van der Waals surface area (Å²) in [5.41, 5.74) is 6.17. The van der Waals surface area contributed by atoms with Crippen LogP contribution in [-0.4, -0.2) is 73.6 Å². The SMILES string of the molecule is C#C.C=Cc1ccc(C(C)(C)/C=C/C)cc1.CN/C(C)=C/N1C=C(c2ccncc2)C=CC1.CN1CCN(C)CC1. The van der Waals surface area contributed by atoms with E-state index in [-0.39, 0.29) is 5.41 Å². The first kappa shape index (κ1) is 35.2. The fourth-order valence-corrected chi connectivity index (χ4v) is 4.16. The summed E-state index contributed by atoms with van der Waals surface area (Å²) >= 11 is 0. The lowest BCUT2D eigenvalue weighted by Gasteiger charge is -2.28. The van der Waals surface area contributed by atoms with Gasteiger partial charge in [-0.25, -0.2) is 0 Å². The van der Waals surface area contributed by atoms with Gasteiger partial charge in [-0.3, -0.25) is 4.98 Å². The minimum atomic E-state index is 0.119. The van der Waals surface area contributed by atoms with Crippen molar-refractivity contribution in [2.75, 3.05) is 53.9 Å². The number of nitrogens with one attached hydrogen (secondary N) is 1. The van der Waals surface area contributed by atoms with Gasteiger partial charge in [-0.15, -0.1) is 12.8 Å². The van der Waals surface area contributed by atoms with Gasteiger partial charge >= 0.3 is 0 Å². The summed E-state index contributed by atoms with van der Waals surface area (Å²) in [4.78, 5) is 10.9. The number of benzene rings is 1. The summed E-state index contributed by atoms with van der Waals surface area (Å²) in [6, 6.07) is 12.6. The Labute approximate surface area is 250 Å². The first-order valence-electron chi connectivity index (χ1n) is 14.2. The lowest BCUT2D eigenvalue weighted by atomic mass is 9.84. The molecule has 2 aliphatic rings. The van der Waals surface area contributed by atoms with E-state index >= 15 is 0 Å². The van der Waals surface area contributed by atoms with Crippen molar-refractivity contribution >= 4 is 11.6 Å². The molecular formula is C36H51N5. The molecule has 1 aromatic heterocycles. The fourth-order valence-electron chi connectivity index (χ4n) is 4.16. The van der Waals surface area contributed by atoms with Gasteiger partial charge in [-0.2, -0.15) is 0 Å². The average molecular weight is 554 g/mol. The molecule has 0 amide bonds. The molecule has 220 valence electrons. The van der Waals surface area contributed by atoms with E-state index in [0.717, 1.165) is 12.2 Å². The van der Waals surface area contributed by atoms with Crippen molar-refractivity contribution in [2.24, 2.45) is 0 Å². The van der Waals surface area contributed by atoms with Crippen molar-refractivity contribution in [3.8, 4) is 12.8 Å². The van der Waals surface area contributed by atoms with E-state index in [1.54, 1.807) is 0 Å². The van der Waals surface area contributed by atoms with Gasteiger partial charge in [-0.05, 0) is 62.3 Å². The van der Waals surface area contributed by atoms with Crippen molar-refractivity contribution in [3.63, 3.8) is 0 Å². The van der Waals surface area contributed by atoms with E-state index in [2.05, 4.69) is 147 Å². The zero-order valence-corrected chi connectivity index (χ0v) is 26.3. The molecule has 0 bridgehead atoms. The summed E-state index contributed by atoms with van der Waals surface area (Å²) in [6.45, 7) is 18.1. The van der Waals surface area contributed by atoms with Crippen LogP contribution in [0.2, 0.25) is 0 Å². The van der Waals surface area contributed by atoms with Gasteiger partial charge < -0.3 is 20.0 Å². The molecule has 5 nitrogen and oxygen atoms in total. The average Bonchev–Trinajstić information content (AvgIpc) is 3.01. The van der Waals surface area contributed by atoms with Crippen LogP contribution >= 0.6 is 0 Å². The second-order valence-corrected chi connectivity index (χ2v) is 10.6. The smallest absolute Gasteiger partial charge is 0.0404 e. The van der Waals surface area contributed by atoms with Crippen LogP contribution in [0.4, 0.5) is 0 Å². The predicted octanol–water partition coefficient (Wildman–Crippen LogP) is 6.67. The lowest BCUT2D eigenvalue weighted by molar-refractivity contribution is 0.181. The first-order valence-corrected chi connectivity index (χ1v) is 14.2. The molecule has 0 aliphatic carbocycles. The number of rotatable bonds is 6. The second kappa shape index (κ2) is 19.3. The van der Waals surface area contributed by atoms with Crippen molar-refractivity contribution in [2.45, 2.75) is 33.1 Å². The largest absolute Gasteiger partial charge is 0.390 e. The number of aromatic nitrogens is 1. The summed E-state index contributed by atoms with van der Waals surface area (Å²) in [6.07, 6.45) is 26.4. The standard InChI is InChI=1S/C14H17N3.C14H18.C6H14N2.C2H2/c1-12(15-2)10-17-9-3-4-14(11-17)13-5-7-16-8-6-13;1-5-11-14(3,4)13-9-7-12(6-2)8-10-13;1-7-3-5-8(2)6-4-7;1-2/h3-8,10-11,15H,9H2,1-2H3;5-11H,2H2,1,3-4H3;3-6H2,1-2H3;1-2H/b12-10+;11-5+;;. The summed E-state index contributed by atoms with van der Waals surface area (Å²) in [5, 5.41) is 3.12. The van der Waals surface area contributed by atoms with Crippen LogP contribution in [0.5, 0.6) is 0 Å². The van der Waals surface area contributed by atoms with Crippen molar-refractivity contribution in [1.82, 2.24) is 25.0 Å². The number of nitrogens with zero attached hydrogens (tertiary/aromatic N) is 4. The van der Waals surface area contributed by atoms with Crippen LogP contribution in [-0.2, 0) is 5.41 Å². The summed E-state index contributed by atoms with van der Waals surface area (Å²) in [7, 11) is 6.28. The highest BCUT2D eigenvalue weighted by atomic mass is 15.2. The van der Waals surface area contributed by atoms with Gasteiger partial charge in [0.15, 0.2) is 0 Å². The Balaban J connectivity index is 0.000000315. The summed E-state index contributed by atoms with van der Waals surface area (Å²) < 4.78 is 0. The van der Waals surface area contributed by atoms with E-state index < -0.39 is 0 Å². The Bertz CT molecular complexity index is 1140. The molecule has 3 heterocycles. The van der Waals surface area contributed by atoms with Gasteiger partial charge in [-0.1, -0.05) is 75.1 Å². The summed E-state index contributed by atoms with van der Waals surface area (Å²) in [5.74, 6) is 0. The number of hydrogen-bond acceptors (Lipinski definition) is 5. The quantitative estimate of drug-likeness (QED) is 0.319. The molecule has 2 aromatic rings. The third kappa shape index (κ3) is 13.4. The topological polar surface area (TPSA) is 34.6 Å². The monoisotopic (exact) mass is 553 g/mol. The maximum absolute atomic E-state index is 4.03. The van der Waals surface area contributed by atoms with Crippen molar-refractivity contribution < 1.29 is 0 Å². The molecule has 0 saturated carbocycles. The fraction of sp³-hybridized carbons (Fsp3) is 0.361. The highest BCUT2D eigenvalue weighted by Gasteiger charge is 2.15. The van der Waals surface area contributed by atoms with Gasteiger partial charge in [0.25, 0.3) is 0 Å². The normalized spacial score (nSPS) is 15.8. The number of allylic oxidation sites excluding steroid dienone is 5. The third-order valence-electron chi connectivity index (χ3n) is 6.89. The van der Waals surface area contributed by atoms with Crippen LogP contribution in [0.3, 0.4) is 0 Å². The molecule has 5 heteroatoms. The third-order valence-corrected chi connectivity index (χ3v) is 6.89. The van der Waals surface area contributed by atoms with Crippen LogP contribution < -0.4 is 5.32 Å². The Hall–Kier alpha value is -3.85. The molecule has 1 N–H and O–H groups in total. The number of pyridine rings is 1. The molecule has 1 saturated heterocycles. The highest BCUT2D eigenvalue weighted by molar-refractivity contribution is 5.74. The number of terminal acetylenes is 1. The highest BCUT2D eigenvalue weighted by Crippen LogP contribution is 2.25. The lowest BCUT2D eigenvalue weighted by Crippen LogP contribution is -2.42. The molecule has 0 atom stereocenters. The molecule has 0 unspecified atom stereocenters. The minimum absolute atomic E-state index is 0.119. The molecule has 0 spiro atoms. The molecule has 41 heavy (non-hydrogen) atoms. The predicted molar refractivity (Wildman–Crippen MR) is 180 cm³/mol. The van der Waals surface area contributed by atoms with E-state index in [1.807, 2.05) is 37.7 Å². The molecule has 4 rings (SSSR count). The van der Waals surface area contributed by atoms with Crippen LogP contribution in [0.25, 0.3) is 11.6 Å². The maximum Gasteiger partial charge on any atom is 0.0404 e. The van der Waals surface area contributed by atoms with Crippen molar-refractivity contribution in [1.29, 1.82) is 0 Å². The van der Waals surface area contributed by atoms with Gasteiger partial charge in [0.05, 0.1) is 0 Å². The van der Waals surface area contributed by atoms with E-state index in [4.69, 9.17) is 0 Å². The van der Waals surface area contributed by atoms with E-state index in [1.165, 1.54) is 48.4 Å². The number of piperazine rings is 1. The first-order chi connectivity index (χ1) is 19.7. The molecule has 2 aliphatic heterocycles. The second-order valence-electron chi connectivity index (χ2n) is 10.6. The number of hydrogen-bond donors (Lipinski definition) is 1. The number of likely N-dealkylation sites (N-methyl/N-ethyl adjacent to an activating group) is 2. The molecule has 1 aromatic carbocycles. The minimum Gasteiger partial charge on any atom is -0.390 e. The van der Waals surface area contributed by atoms with Crippen LogP contribution in [0.1, 0.15) is 44.4 Å².